The molecule has 1 N–H and O–H groups in total. The van der Waals surface area contributed by atoms with Gasteiger partial charge in [-0.15, -0.1) is 10.2 Å². The first-order valence-corrected chi connectivity index (χ1v) is 5.51. The van der Waals surface area contributed by atoms with E-state index in [9.17, 15) is 9.18 Å². The van der Waals surface area contributed by atoms with E-state index < -0.39 is 11.7 Å². The standard InChI is InChI=1S/C12H9ClFN3O/c1-7-2-3-8(6-9(7)14)12(18)15-11-5-4-10(13)16-17-11/h2-6H,1H3,(H,15,17,18). The SMILES string of the molecule is Cc1ccc(C(=O)Nc2ccc(Cl)nn2)cc1F. The van der Waals surface area contributed by atoms with Crippen LogP contribution >= 0.6 is 11.6 Å². The van der Waals surface area contributed by atoms with Crippen LogP contribution in [0.5, 0.6) is 0 Å². The van der Waals surface area contributed by atoms with Gasteiger partial charge in [-0.25, -0.2) is 4.39 Å². The van der Waals surface area contributed by atoms with Crippen LogP contribution in [0.3, 0.4) is 0 Å². The Morgan fingerprint density at radius 1 is 1.28 bits per heavy atom. The predicted octanol–water partition coefficient (Wildman–Crippen LogP) is 2.83. The fraction of sp³-hybridized carbons (Fsp3) is 0.0833. The van der Waals surface area contributed by atoms with Crippen molar-refractivity contribution in [3.8, 4) is 0 Å². The Morgan fingerprint density at radius 2 is 2.06 bits per heavy atom. The Kier molecular flexibility index (Phi) is 3.53. The molecule has 6 heteroatoms. The minimum atomic E-state index is -0.453. The fourth-order valence-corrected chi connectivity index (χ4v) is 1.41. The van der Waals surface area contributed by atoms with Crippen molar-refractivity contribution in [2.24, 2.45) is 0 Å². The van der Waals surface area contributed by atoms with Crippen molar-refractivity contribution < 1.29 is 9.18 Å². The maximum atomic E-state index is 13.3. The molecule has 0 atom stereocenters. The second-order valence-electron chi connectivity index (χ2n) is 3.66. The Bertz CT molecular complexity index is 586. The van der Waals surface area contributed by atoms with Gasteiger partial charge in [0.2, 0.25) is 0 Å². The van der Waals surface area contributed by atoms with E-state index in [0.717, 1.165) is 0 Å². The first-order valence-electron chi connectivity index (χ1n) is 5.13. The Morgan fingerprint density at radius 3 is 2.67 bits per heavy atom. The monoisotopic (exact) mass is 265 g/mol. The van der Waals surface area contributed by atoms with Crippen LogP contribution in [0.15, 0.2) is 30.3 Å². The van der Waals surface area contributed by atoms with Crippen molar-refractivity contribution in [1.29, 1.82) is 0 Å². The second-order valence-corrected chi connectivity index (χ2v) is 4.05. The van der Waals surface area contributed by atoms with Crippen LogP contribution in [0.2, 0.25) is 5.15 Å². The van der Waals surface area contributed by atoms with Gasteiger partial charge in [-0.05, 0) is 36.8 Å². The summed E-state index contributed by atoms with van der Waals surface area (Å²) in [5.41, 5.74) is 0.702. The number of rotatable bonds is 2. The van der Waals surface area contributed by atoms with Crippen LogP contribution in [0.1, 0.15) is 15.9 Å². The van der Waals surface area contributed by atoms with Gasteiger partial charge in [-0.1, -0.05) is 17.7 Å². The summed E-state index contributed by atoms with van der Waals surface area (Å²) in [6.45, 7) is 1.63. The lowest BCUT2D eigenvalue weighted by atomic mass is 10.1. The third kappa shape index (κ3) is 2.81. The summed E-state index contributed by atoms with van der Waals surface area (Å²) in [6, 6.07) is 7.26. The molecule has 1 aromatic heterocycles. The lowest BCUT2D eigenvalue weighted by Crippen LogP contribution is -2.13. The highest BCUT2D eigenvalue weighted by Crippen LogP contribution is 2.12. The first kappa shape index (κ1) is 12.4. The summed E-state index contributed by atoms with van der Waals surface area (Å²) in [6.07, 6.45) is 0. The van der Waals surface area contributed by atoms with Crippen LogP contribution in [0.25, 0.3) is 0 Å². The highest BCUT2D eigenvalue weighted by Gasteiger charge is 2.09. The van der Waals surface area contributed by atoms with Crippen LogP contribution in [0, 0.1) is 12.7 Å². The molecular weight excluding hydrogens is 257 g/mol. The van der Waals surface area contributed by atoms with Gasteiger partial charge >= 0.3 is 0 Å². The van der Waals surface area contributed by atoms with Crippen molar-refractivity contribution in [2.45, 2.75) is 6.92 Å². The number of benzene rings is 1. The molecular formula is C12H9ClFN3O. The molecule has 4 nitrogen and oxygen atoms in total. The number of aromatic nitrogens is 2. The first-order chi connectivity index (χ1) is 8.56. The van der Waals surface area contributed by atoms with Crippen LogP contribution in [0.4, 0.5) is 10.2 Å². The molecule has 0 spiro atoms. The highest BCUT2D eigenvalue weighted by atomic mass is 35.5. The third-order valence-electron chi connectivity index (χ3n) is 2.31. The minimum Gasteiger partial charge on any atom is -0.305 e. The number of hydrogen-bond donors (Lipinski definition) is 1. The molecule has 0 bridgehead atoms. The van der Waals surface area contributed by atoms with Crippen molar-refractivity contribution in [3.05, 3.63) is 52.4 Å². The van der Waals surface area contributed by atoms with Gasteiger partial charge in [0, 0.05) is 5.56 Å². The van der Waals surface area contributed by atoms with E-state index in [4.69, 9.17) is 11.6 Å². The molecule has 0 aliphatic heterocycles. The highest BCUT2D eigenvalue weighted by molar-refractivity contribution is 6.29. The molecule has 1 heterocycles. The number of hydrogen-bond acceptors (Lipinski definition) is 3. The Balaban J connectivity index is 2.16. The summed E-state index contributed by atoms with van der Waals surface area (Å²) in [7, 11) is 0. The molecule has 2 aromatic rings. The van der Waals surface area contributed by atoms with Crippen LogP contribution in [-0.4, -0.2) is 16.1 Å². The number of carbonyl (C=O) groups excluding carboxylic acids is 1. The summed E-state index contributed by atoms with van der Waals surface area (Å²) >= 11 is 5.57. The average molecular weight is 266 g/mol. The molecule has 0 radical (unpaired) electrons. The zero-order chi connectivity index (χ0) is 13.1. The molecule has 1 aromatic carbocycles. The van der Waals surface area contributed by atoms with Gasteiger partial charge in [0.25, 0.3) is 5.91 Å². The number of nitrogens with one attached hydrogen (secondary N) is 1. The average Bonchev–Trinajstić information content (AvgIpc) is 2.35. The Labute approximate surface area is 108 Å². The fourth-order valence-electron chi connectivity index (χ4n) is 1.31. The summed E-state index contributed by atoms with van der Waals surface area (Å²) in [5.74, 6) is -0.624. The van der Waals surface area contributed by atoms with E-state index in [1.54, 1.807) is 6.92 Å². The maximum Gasteiger partial charge on any atom is 0.256 e. The molecule has 0 saturated carbocycles. The Hall–Kier alpha value is -2.01. The number of halogens is 2. The second kappa shape index (κ2) is 5.10. The van der Waals surface area contributed by atoms with Crippen LogP contribution in [-0.2, 0) is 0 Å². The zero-order valence-corrected chi connectivity index (χ0v) is 10.2. The van der Waals surface area contributed by atoms with Gasteiger partial charge in [0.05, 0.1) is 0 Å². The molecule has 0 unspecified atom stereocenters. The summed E-state index contributed by atoms with van der Waals surface area (Å²) < 4.78 is 13.3. The summed E-state index contributed by atoms with van der Waals surface area (Å²) in [4.78, 5) is 11.8. The van der Waals surface area contributed by atoms with Gasteiger partial charge in [0.1, 0.15) is 5.82 Å². The maximum absolute atomic E-state index is 13.3. The number of amides is 1. The lowest BCUT2D eigenvalue weighted by Gasteiger charge is -2.04. The summed E-state index contributed by atoms with van der Waals surface area (Å²) in [5, 5.41) is 9.99. The number of aryl methyl sites for hydroxylation is 1. The van der Waals surface area contributed by atoms with Gasteiger partial charge in [0.15, 0.2) is 11.0 Å². The number of carbonyl (C=O) groups is 1. The normalized spacial score (nSPS) is 10.2. The van der Waals surface area contributed by atoms with Gasteiger partial charge in [-0.2, -0.15) is 0 Å². The molecule has 0 saturated heterocycles. The van der Waals surface area contributed by atoms with E-state index in [0.29, 0.717) is 5.56 Å². The van der Waals surface area contributed by atoms with Crippen molar-refractivity contribution in [1.82, 2.24) is 10.2 Å². The third-order valence-corrected chi connectivity index (χ3v) is 2.51. The number of nitrogens with zero attached hydrogens (tertiary/aromatic N) is 2. The van der Waals surface area contributed by atoms with Gasteiger partial charge in [-0.3, -0.25) is 4.79 Å². The number of anilines is 1. The molecule has 92 valence electrons. The van der Waals surface area contributed by atoms with Crippen LogP contribution < -0.4 is 5.32 Å². The van der Waals surface area contributed by atoms with Crippen molar-refractivity contribution in [2.75, 3.05) is 5.32 Å². The lowest BCUT2D eigenvalue weighted by molar-refractivity contribution is 0.102. The van der Waals surface area contributed by atoms with Crippen molar-refractivity contribution in [3.63, 3.8) is 0 Å². The molecule has 0 aliphatic carbocycles. The molecule has 18 heavy (non-hydrogen) atoms. The van der Waals surface area contributed by atoms with E-state index >= 15 is 0 Å². The quantitative estimate of drug-likeness (QED) is 0.908. The molecule has 0 fully saturated rings. The molecule has 0 aliphatic rings. The van der Waals surface area contributed by atoms with Crippen molar-refractivity contribution >= 4 is 23.3 Å². The largest absolute Gasteiger partial charge is 0.305 e. The van der Waals surface area contributed by atoms with E-state index in [1.165, 1.54) is 30.3 Å². The van der Waals surface area contributed by atoms with E-state index in [1.807, 2.05) is 0 Å². The molecule has 2 rings (SSSR count). The zero-order valence-electron chi connectivity index (χ0n) is 9.45. The predicted molar refractivity (Wildman–Crippen MR) is 66.1 cm³/mol. The van der Waals surface area contributed by atoms with Gasteiger partial charge < -0.3 is 5.32 Å². The smallest absolute Gasteiger partial charge is 0.256 e. The molecule has 1 amide bonds. The minimum absolute atomic E-state index is 0.217. The van der Waals surface area contributed by atoms with E-state index in [-0.39, 0.29) is 16.5 Å². The topological polar surface area (TPSA) is 54.9 Å². The van der Waals surface area contributed by atoms with E-state index in [2.05, 4.69) is 15.5 Å².